The topological polar surface area (TPSA) is 85.3 Å². The average Bonchev–Trinajstić information content (AvgIpc) is 2.89. The highest BCUT2D eigenvalue weighted by Gasteiger charge is 2.17. The smallest absolute Gasteiger partial charge is 0.254 e. The molecule has 0 spiro atoms. The second-order valence-corrected chi connectivity index (χ2v) is 5.09. The van der Waals surface area contributed by atoms with Crippen LogP contribution in [-0.4, -0.2) is 20.5 Å². The van der Waals surface area contributed by atoms with Crippen molar-refractivity contribution in [3.8, 4) is 0 Å². The Morgan fingerprint density at radius 3 is 3.00 bits per heavy atom. The SMILES string of the molecule is NC(=O)c1c(Nc2ccc(Br)cc2F)[c]nn2ccnc12. The van der Waals surface area contributed by atoms with Gasteiger partial charge in [0.05, 0.1) is 11.4 Å². The number of benzene rings is 1. The Morgan fingerprint density at radius 1 is 1.48 bits per heavy atom. The number of fused-ring (bicyclic) bond motifs is 1. The molecule has 2 heterocycles. The van der Waals surface area contributed by atoms with Gasteiger partial charge in [0.1, 0.15) is 17.6 Å². The van der Waals surface area contributed by atoms with E-state index >= 15 is 0 Å². The first-order chi connectivity index (χ1) is 10.1. The third kappa shape index (κ3) is 2.45. The number of nitrogens with zero attached hydrogens (tertiary/aromatic N) is 3. The fourth-order valence-corrected chi connectivity index (χ4v) is 2.21. The van der Waals surface area contributed by atoms with E-state index in [0.29, 0.717) is 4.47 Å². The summed E-state index contributed by atoms with van der Waals surface area (Å²) in [5.41, 5.74) is 6.09. The molecule has 1 radical (unpaired) electrons. The number of carbonyl (C=O) groups excluding carboxylic acids is 1. The summed E-state index contributed by atoms with van der Waals surface area (Å²) < 4.78 is 15.8. The molecule has 1 aromatic carbocycles. The number of imidazole rings is 1. The second kappa shape index (κ2) is 5.13. The molecule has 0 saturated carbocycles. The Labute approximate surface area is 126 Å². The van der Waals surface area contributed by atoms with Crippen LogP contribution in [0.1, 0.15) is 10.4 Å². The molecule has 105 valence electrons. The summed E-state index contributed by atoms with van der Waals surface area (Å²) in [6.07, 6.45) is 5.66. The Balaban J connectivity index is 2.11. The normalized spacial score (nSPS) is 10.8. The van der Waals surface area contributed by atoms with Gasteiger partial charge in [-0.1, -0.05) is 15.9 Å². The lowest BCUT2D eigenvalue weighted by Gasteiger charge is -2.10. The van der Waals surface area contributed by atoms with Gasteiger partial charge in [-0.15, -0.1) is 0 Å². The van der Waals surface area contributed by atoms with Crippen LogP contribution in [0.4, 0.5) is 15.8 Å². The lowest BCUT2D eigenvalue weighted by Crippen LogP contribution is -2.16. The number of hydrogen-bond acceptors (Lipinski definition) is 4. The van der Waals surface area contributed by atoms with E-state index in [4.69, 9.17) is 5.73 Å². The van der Waals surface area contributed by atoms with Gasteiger partial charge in [0.15, 0.2) is 5.65 Å². The maximum Gasteiger partial charge on any atom is 0.254 e. The van der Waals surface area contributed by atoms with Gasteiger partial charge in [-0.2, -0.15) is 5.10 Å². The van der Waals surface area contributed by atoms with Crippen molar-refractivity contribution in [2.24, 2.45) is 5.73 Å². The van der Waals surface area contributed by atoms with E-state index in [-0.39, 0.29) is 22.6 Å². The Kier molecular flexibility index (Phi) is 3.30. The third-order valence-electron chi connectivity index (χ3n) is 2.80. The maximum atomic E-state index is 13.9. The lowest BCUT2D eigenvalue weighted by molar-refractivity contribution is 0.100. The Morgan fingerprint density at radius 2 is 2.29 bits per heavy atom. The molecule has 0 unspecified atom stereocenters. The summed E-state index contributed by atoms with van der Waals surface area (Å²) >= 11 is 3.17. The third-order valence-corrected chi connectivity index (χ3v) is 3.30. The van der Waals surface area contributed by atoms with Crippen molar-refractivity contribution in [1.29, 1.82) is 0 Å². The molecule has 3 aromatic rings. The van der Waals surface area contributed by atoms with E-state index in [0.717, 1.165) is 0 Å². The van der Waals surface area contributed by atoms with Crippen molar-refractivity contribution in [1.82, 2.24) is 14.6 Å². The minimum atomic E-state index is -0.704. The van der Waals surface area contributed by atoms with Crippen LogP contribution in [0.2, 0.25) is 0 Å². The highest BCUT2D eigenvalue weighted by molar-refractivity contribution is 9.10. The number of nitrogens with one attached hydrogen (secondary N) is 1. The molecule has 0 fully saturated rings. The van der Waals surface area contributed by atoms with Crippen molar-refractivity contribution < 1.29 is 9.18 Å². The van der Waals surface area contributed by atoms with Crippen LogP contribution in [0.3, 0.4) is 0 Å². The van der Waals surface area contributed by atoms with E-state index in [1.165, 1.54) is 22.8 Å². The molecule has 1 amide bonds. The molecular weight excluding hydrogens is 341 g/mol. The fourth-order valence-electron chi connectivity index (χ4n) is 1.88. The van der Waals surface area contributed by atoms with Crippen LogP contribution in [0, 0.1) is 12.0 Å². The molecule has 3 rings (SSSR count). The Hall–Kier alpha value is -2.48. The zero-order chi connectivity index (χ0) is 15.0. The van der Waals surface area contributed by atoms with Gasteiger partial charge in [-0.25, -0.2) is 13.9 Å². The fraction of sp³-hybridized carbons (Fsp3) is 0. The van der Waals surface area contributed by atoms with Crippen LogP contribution in [0.25, 0.3) is 5.65 Å². The van der Waals surface area contributed by atoms with Gasteiger partial charge in [-0.05, 0) is 18.2 Å². The van der Waals surface area contributed by atoms with Crippen LogP contribution in [0.15, 0.2) is 35.1 Å². The highest BCUT2D eigenvalue weighted by atomic mass is 79.9. The zero-order valence-corrected chi connectivity index (χ0v) is 12.1. The van der Waals surface area contributed by atoms with Gasteiger partial charge in [-0.3, -0.25) is 4.79 Å². The number of carbonyl (C=O) groups is 1. The summed E-state index contributed by atoms with van der Waals surface area (Å²) in [5, 5.41) is 6.72. The van der Waals surface area contributed by atoms with E-state index in [9.17, 15) is 9.18 Å². The molecular formula is C13H8BrFN5O. The molecule has 0 saturated heterocycles. The van der Waals surface area contributed by atoms with Gasteiger partial charge in [0.25, 0.3) is 5.91 Å². The second-order valence-electron chi connectivity index (χ2n) is 4.17. The summed E-state index contributed by atoms with van der Waals surface area (Å²) in [5.74, 6) is -1.19. The van der Waals surface area contributed by atoms with Crippen LogP contribution >= 0.6 is 15.9 Å². The number of amides is 1. The van der Waals surface area contributed by atoms with E-state index in [1.54, 1.807) is 12.3 Å². The van der Waals surface area contributed by atoms with Gasteiger partial charge >= 0.3 is 0 Å². The molecule has 8 heteroatoms. The monoisotopic (exact) mass is 348 g/mol. The molecule has 0 aliphatic rings. The van der Waals surface area contributed by atoms with Gasteiger partial charge in [0, 0.05) is 16.9 Å². The highest BCUT2D eigenvalue weighted by Crippen LogP contribution is 2.25. The molecule has 2 aromatic heterocycles. The van der Waals surface area contributed by atoms with Gasteiger partial charge < -0.3 is 11.1 Å². The standard InChI is InChI=1S/C13H8BrFN5O/c14-7-1-2-9(8(15)5-7)19-10-6-18-20-4-3-17-13(20)11(10)12(16)21/h1-5,19H,(H2,16,21). The van der Waals surface area contributed by atoms with Crippen LogP contribution in [0.5, 0.6) is 0 Å². The quantitative estimate of drug-likeness (QED) is 0.760. The van der Waals surface area contributed by atoms with Crippen LogP contribution in [-0.2, 0) is 0 Å². The molecule has 6 nitrogen and oxygen atoms in total. The first kappa shape index (κ1) is 13.5. The van der Waals surface area contributed by atoms with Crippen molar-refractivity contribution in [2.45, 2.75) is 0 Å². The molecule has 21 heavy (non-hydrogen) atoms. The number of halogens is 2. The first-order valence-corrected chi connectivity index (χ1v) is 6.62. The maximum absolute atomic E-state index is 13.9. The lowest BCUT2D eigenvalue weighted by atomic mass is 10.2. The van der Waals surface area contributed by atoms with Crippen molar-refractivity contribution >= 4 is 38.9 Å². The average molecular weight is 349 g/mol. The van der Waals surface area contributed by atoms with Crippen LogP contribution < -0.4 is 11.1 Å². The largest absolute Gasteiger partial charge is 0.365 e. The minimum absolute atomic E-state index is 0.0947. The summed E-state index contributed by atoms with van der Waals surface area (Å²) in [7, 11) is 0. The zero-order valence-electron chi connectivity index (χ0n) is 10.5. The molecule has 3 N–H and O–H groups in total. The summed E-state index contributed by atoms with van der Waals surface area (Å²) in [6.45, 7) is 0. The molecule has 0 atom stereocenters. The van der Waals surface area contributed by atoms with Crippen molar-refractivity contribution in [3.63, 3.8) is 0 Å². The first-order valence-electron chi connectivity index (χ1n) is 5.83. The predicted octanol–water partition coefficient (Wildman–Crippen LogP) is 2.27. The summed E-state index contributed by atoms with van der Waals surface area (Å²) in [4.78, 5) is 15.7. The van der Waals surface area contributed by atoms with Crippen molar-refractivity contribution in [3.05, 3.63) is 52.6 Å². The van der Waals surface area contributed by atoms with Gasteiger partial charge in [0.2, 0.25) is 0 Å². The van der Waals surface area contributed by atoms with E-state index < -0.39 is 11.7 Å². The molecule has 0 bridgehead atoms. The van der Waals surface area contributed by atoms with Crippen molar-refractivity contribution in [2.75, 3.05) is 5.32 Å². The Bertz CT molecular complexity index is 848. The number of nitrogens with two attached hydrogens (primary N) is 1. The minimum Gasteiger partial charge on any atom is -0.365 e. The number of hydrogen-bond donors (Lipinski definition) is 2. The number of rotatable bonds is 3. The summed E-state index contributed by atoms with van der Waals surface area (Å²) in [6, 6.07) is 4.48. The number of anilines is 2. The predicted molar refractivity (Wildman–Crippen MR) is 77.7 cm³/mol. The number of aromatic nitrogens is 3. The van der Waals surface area contributed by atoms with E-state index in [2.05, 4.69) is 37.5 Å². The van der Waals surface area contributed by atoms with E-state index in [1.807, 2.05) is 0 Å². The number of primary amides is 1. The molecule has 0 aliphatic heterocycles. The molecule has 0 aliphatic carbocycles.